The molecule has 160 valence electrons. The molecule has 7 heteroatoms. The molecule has 3 heterocycles. The molecule has 1 aromatic rings. The minimum atomic E-state index is 0. The van der Waals surface area contributed by atoms with Crippen molar-refractivity contribution < 1.29 is 9.15 Å². The van der Waals surface area contributed by atoms with Crippen molar-refractivity contribution >= 4 is 29.9 Å². The molecule has 0 radical (unpaired) electrons. The van der Waals surface area contributed by atoms with E-state index in [0.29, 0.717) is 0 Å². The highest BCUT2D eigenvalue weighted by molar-refractivity contribution is 14.0. The highest BCUT2D eigenvalue weighted by Gasteiger charge is 2.28. The van der Waals surface area contributed by atoms with Crippen LogP contribution in [0.15, 0.2) is 21.5 Å². The van der Waals surface area contributed by atoms with E-state index in [1.54, 1.807) is 0 Å². The van der Waals surface area contributed by atoms with Gasteiger partial charge in [-0.25, -0.2) is 0 Å². The Bertz CT molecular complexity index is 613. The largest absolute Gasteiger partial charge is 0.465 e. The number of ether oxygens (including phenoxy) is 1. The van der Waals surface area contributed by atoms with Crippen molar-refractivity contribution in [2.75, 3.05) is 53.0 Å². The second kappa shape index (κ2) is 11.4. The standard InChI is InChI=1S/C21H36N4O2.HI/c1-16(2)13-18-7-8-25(15-18)21(22-4)23-14-19(20-6-5-17(3)27-20)24-9-11-26-12-10-24;/h5-6,16,18-19H,7-15H2,1-4H3,(H,22,23);1H. The molecule has 0 bridgehead atoms. The van der Waals surface area contributed by atoms with Gasteiger partial charge >= 0.3 is 0 Å². The monoisotopic (exact) mass is 504 g/mol. The van der Waals surface area contributed by atoms with E-state index in [0.717, 1.165) is 75.3 Å². The zero-order chi connectivity index (χ0) is 19.2. The molecule has 0 amide bonds. The number of guanidine groups is 1. The third-order valence-electron chi connectivity index (χ3n) is 5.63. The molecule has 0 spiro atoms. The van der Waals surface area contributed by atoms with E-state index < -0.39 is 0 Å². The summed E-state index contributed by atoms with van der Waals surface area (Å²) in [7, 11) is 1.89. The van der Waals surface area contributed by atoms with Gasteiger partial charge in [-0.15, -0.1) is 24.0 Å². The van der Waals surface area contributed by atoms with Crippen LogP contribution < -0.4 is 5.32 Å². The van der Waals surface area contributed by atoms with Gasteiger partial charge in [0.15, 0.2) is 5.96 Å². The van der Waals surface area contributed by atoms with Gasteiger partial charge in [-0.1, -0.05) is 13.8 Å². The first-order chi connectivity index (χ1) is 13.1. The van der Waals surface area contributed by atoms with Gasteiger partial charge in [0, 0.05) is 39.8 Å². The van der Waals surface area contributed by atoms with E-state index in [9.17, 15) is 0 Å². The summed E-state index contributed by atoms with van der Waals surface area (Å²) in [5.74, 6) is 4.55. The number of nitrogens with zero attached hydrogens (tertiary/aromatic N) is 3. The predicted molar refractivity (Wildman–Crippen MR) is 124 cm³/mol. The van der Waals surface area contributed by atoms with Crippen LogP contribution in [-0.4, -0.2) is 68.7 Å². The zero-order valence-corrected chi connectivity index (χ0v) is 20.1. The maximum absolute atomic E-state index is 5.98. The van der Waals surface area contributed by atoms with Crippen molar-refractivity contribution in [2.24, 2.45) is 16.8 Å². The number of likely N-dealkylation sites (tertiary alicyclic amines) is 1. The van der Waals surface area contributed by atoms with Gasteiger partial charge in [0.25, 0.3) is 0 Å². The summed E-state index contributed by atoms with van der Waals surface area (Å²) in [6.07, 6.45) is 2.57. The second-order valence-electron chi connectivity index (χ2n) is 8.27. The molecular weight excluding hydrogens is 467 g/mol. The van der Waals surface area contributed by atoms with E-state index in [-0.39, 0.29) is 30.0 Å². The number of hydrogen-bond donors (Lipinski definition) is 1. The Morgan fingerprint density at radius 2 is 2.00 bits per heavy atom. The molecule has 2 fully saturated rings. The van der Waals surface area contributed by atoms with Crippen LogP contribution in [0.4, 0.5) is 0 Å². The maximum atomic E-state index is 5.98. The van der Waals surface area contributed by atoms with Gasteiger partial charge in [-0.2, -0.15) is 0 Å². The lowest BCUT2D eigenvalue weighted by molar-refractivity contribution is 0.0123. The highest BCUT2D eigenvalue weighted by atomic mass is 127. The van der Waals surface area contributed by atoms with Gasteiger partial charge < -0.3 is 19.4 Å². The summed E-state index contributed by atoms with van der Waals surface area (Å²) in [4.78, 5) is 9.42. The highest BCUT2D eigenvalue weighted by Crippen LogP contribution is 2.25. The first-order valence-corrected chi connectivity index (χ1v) is 10.4. The van der Waals surface area contributed by atoms with E-state index >= 15 is 0 Å². The van der Waals surface area contributed by atoms with Crippen LogP contribution in [0.2, 0.25) is 0 Å². The number of aryl methyl sites for hydroxylation is 1. The van der Waals surface area contributed by atoms with Gasteiger partial charge in [-0.3, -0.25) is 9.89 Å². The smallest absolute Gasteiger partial charge is 0.193 e. The second-order valence-corrected chi connectivity index (χ2v) is 8.27. The molecule has 0 saturated carbocycles. The third kappa shape index (κ3) is 6.35. The van der Waals surface area contributed by atoms with Crippen molar-refractivity contribution in [1.29, 1.82) is 0 Å². The SMILES string of the molecule is CN=C(NCC(c1ccc(C)o1)N1CCOCC1)N1CCC(CC(C)C)C1.I. The van der Waals surface area contributed by atoms with Crippen LogP contribution >= 0.6 is 24.0 Å². The summed E-state index contributed by atoms with van der Waals surface area (Å²) in [6.45, 7) is 13.1. The van der Waals surface area contributed by atoms with E-state index in [4.69, 9.17) is 9.15 Å². The number of hydrogen-bond acceptors (Lipinski definition) is 4. The molecular formula is C21H37IN4O2. The van der Waals surface area contributed by atoms with E-state index in [2.05, 4.69) is 46.1 Å². The van der Waals surface area contributed by atoms with Crippen molar-refractivity contribution in [3.8, 4) is 0 Å². The van der Waals surface area contributed by atoms with Gasteiger partial charge in [0.2, 0.25) is 0 Å². The Morgan fingerprint density at radius 3 is 2.61 bits per heavy atom. The van der Waals surface area contributed by atoms with Crippen LogP contribution in [0, 0.1) is 18.8 Å². The number of furan rings is 1. The quantitative estimate of drug-likeness (QED) is 0.365. The number of halogens is 1. The predicted octanol–water partition coefficient (Wildman–Crippen LogP) is 3.52. The lowest BCUT2D eigenvalue weighted by atomic mass is 9.97. The summed E-state index contributed by atoms with van der Waals surface area (Å²) in [5.41, 5.74) is 0. The first kappa shape index (κ1) is 23.5. The zero-order valence-electron chi connectivity index (χ0n) is 17.8. The Morgan fingerprint density at radius 1 is 1.25 bits per heavy atom. The lowest BCUT2D eigenvalue weighted by Gasteiger charge is -2.34. The van der Waals surface area contributed by atoms with E-state index in [1.807, 2.05) is 14.0 Å². The van der Waals surface area contributed by atoms with Gasteiger partial charge in [0.05, 0.1) is 19.3 Å². The van der Waals surface area contributed by atoms with Crippen molar-refractivity contribution in [1.82, 2.24) is 15.1 Å². The average Bonchev–Trinajstić information content (AvgIpc) is 3.28. The van der Waals surface area contributed by atoms with Gasteiger partial charge in [0.1, 0.15) is 11.5 Å². The normalized spacial score (nSPS) is 22.4. The van der Waals surface area contributed by atoms with Crippen molar-refractivity contribution in [3.05, 3.63) is 23.7 Å². The minimum absolute atomic E-state index is 0. The molecule has 0 aliphatic carbocycles. The molecule has 1 N–H and O–H groups in total. The van der Waals surface area contributed by atoms with E-state index in [1.165, 1.54) is 12.8 Å². The van der Waals surface area contributed by atoms with Crippen LogP contribution in [0.1, 0.15) is 44.3 Å². The van der Waals surface area contributed by atoms with Crippen LogP contribution in [-0.2, 0) is 4.74 Å². The Kier molecular flexibility index (Phi) is 9.56. The summed E-state index contributed by atoms with van der Waals surface area (Å²) < 4.78 is 11.5. The third-order valence-corrected chi connectivity index (χ3v) is 5.63. The molecule has 1 aromatic heterocycles. The maximum Gasteiger partial charge on any atom is 0.193 e. The number of rotatable bonds is 6. The molecule has 2 atom stereocenters. The molecule has 2 unspecified atom stereocenters. The topological polar surface area (TPSA) is 53.2 Å². The lowest BCUT2D eigenvalue weighted by Crippen LogP contribution is -2.47. The fourth-order valence-corrected chi connectivity index (χ4v) is 4.34. The van der Waals surface area contributed by atoms with Crippen LogP contribution in [0.3, 0.4) is 0 Å². The number of nitrogens with one attached hydrogen (secondary N) is 1. The van der Waals surface area contributed by atoms with Crippen LogP contribution in [0.5, 0.6) is 0 Å². The Balaban J connectivity index is 0.00000280. The summed E-state index contributed by atoms with van der Waals surface area (Å²) in [6, 6.07) is 4.36. The number of morpholine rings is 1. The molecule has 2 saturated heterocycles. The van der Waals surface area contributed by atoms with Crippen molar-refractivity contribution in [2.45, 2.75) is 39.7 Å². The number of aliphatic imine (C=N–C) groups is 1. The van der Waals surface area contributed by atoms with Crippen molar-refractivity contribution in [3.63, 3.8) is 0 Å². The first-order valence-electron chi connectivity index (χ1n) is 10.4. The Labute approximate surface area is 187 Å². The summed E-state index contributed by atoms with van der Waals surface area (Å²) >= 11 is 0. The molecule has 28 heavy (non-hydrogen) atoms. The van der Waals surface area contributed by atoms with Crippen LogP contribution in [0.25, 0.3) is 0 Å². The van der Waals surface area contributed by atoms with Gasteiger partial charge in [-0.05, 0) is 43.7 Å². The molecule has 3 rings (SSSR count). The minimum Gasteiger partial charge on any atom is -0.465 e. The molecule has 2 aliphatic rings. The Hall–Kier alpha value is -0.800. The summed E-state index contributed by atoms with van der Waals surface area (Å²) in [5, 5.41) is 3.62. The molecule has 6 nitrogen and oxygen atoms in total. The fraction of sp³-hybridized carbons (Fsp3) is 0.762. The molecule has 2 aliphatic heterocycles. The average molecular weight is 504 g/mol. The fourth-order valence-electron chi connectivity index (χ4n) is 4.34. The molecule has 0 aromatic carbocycles.